The zero-order valence-corrected chi connectivity index (χ0v) is 15.5. The second kappa shape index (κ2) is 8.12. The summed E-state index contributed by atoms with van der Waals surface area (Å²) in [4.78, 5) is 3.16. The van der Waals surface area contributed by atoms with Gasteiger partial charge in [-0.1, -0.05) is 70.5 Å². The summed E-state index contributed by atoms with van der Waals surface area (Å²) in [6, 6.07) is 20.0. The highest BCUT2D eigenvalue weighted by atomic mass is 79.9. The molecule has 3 rings (SSSR count). The Balaban J connectivity index is 1.35. The molecule has 0 spiro atoms. The Kier molecular flexibility index (Phi) is 5.91. The molecule has 0 heterocycles. The van der Waals surface area contributed by atoms with Gasteiger partial charge in [0.05, 0.1) is 0 Å². The van der Waals surface area contributed by atoms with Crippen molar-refractivity contribution >= 4 is 15.9 Å². The monoisotopic (exact) mass is 371 g/mol. The third-order valence-corrected chi connectivity index (χ3v) is 5.76. The number of benzene rings is 2. The predicted octanol–water partition coefficient (Wildman–Crippen LogP) is 5.04. The molecule has 1 nitrogen and oxygen atoms in total. The molecular weight excluding hydrogens is 346 g/mol. The average molecular weight is 372 g/mol. The van der Waals surface area contributed by atoms with Gasteiger partial charge in [-0.05, 0) is 61.9 Å². The van der Waals surface area contributed by atoms with Crippen molar-refractivity contribution in [2.75, 3.05) is 20.1 Å². The molecule has 23 heavy (non-hydrogen) atoms. The van der Waals surface area contributed by atoms with Gasteiger partial charge in [0, 0.05) is 11.4 Å². The molecule has 1 aliphatic carbocycles. The highest BCUT2D eigenvalue weighted by Crippen LogP contribution is 2.46. The van der Waals surface area contributed by atoms with Crippen LogP contribution in [0.15, 0.2) is 54.6 Å². The largest absolute Gasteiger partial charge is 0.306 e. The van der Waals surface area contributed by atoms with Gasteiger partial charge in [0.15, 0.2) is 0 Å². The van der Waals surface area contributed by atoms with Crippen molar-refractivity contribution in [3.05, 3.63) is 71.3 Å². The lowest BCUT2D eigenvalue weighted by atomic mass is 10.0. The first-order valence-corrected chi connectivity index (χ1v) is 9.59. The summed E-state index contributed by atoms with van der Waals surface area (Å²) in [5, 5.41) is 0. The maximum Gasteiger partial charge on any atom is 0.0221 e. The molecule has 0 aliphatic heterocycles. The van der Waals surface area contributed by atoms with Crippen LogP contribution in [0.4, 0.5) is 0 Å². The topological polar surface area (TPSA) is 3.24 Å². The number of hydrogen-bond acceptors (Lipinski definition) is 1. The molecule has 0 aromatic heterocycles. The van der Waals surface area contributed by atoms with Crippen LogP contribution in [0, 0.1) is 0 Å². The summed E-state index contributed by atoms with van der Waals surface area (Å²) in [5.74, 6) is 0.758. The highest BCUT2D eigenvalue weighted by molar-refractivity contribution is 9.09. The lowest BCUT2D eigenvalue weighted by Gasteiger charge is -2.16. The van der Waals surface area contributed by atoms with E-state index in [-0.39, 0.29) is 0 Å². The van der Waals surface area contributed by atoms with Crippen LogP contribution in [0.5, 0.6) is 0 Å². The van der Waals surface area contributed by atoms with E-state index < -0.39 is 0 Å². The molecule has 2 heteroatoms. The molecule has 2 atom stereocenters. The Bertz CT molecular complexity index is 593. The molecule has 0 saturated heterocycles. The van der Waals surface area contributed by atoms with E-state index in [9.17, 15) is 0 Å². The van der Waals surface area contributed by atoms with E-state index in [1.165, 1.54) is 42.5 Å². The molecule has 0 amide bonds. The normalized spacial score (nSPS) is 20.0. The molecule has 2 aromatic rings. The Morgan fingerprint density at radius 3 is 2.22 bits per heavy atom. The molecule has 2 aromatic carbocycles. The third-order valence-electron chi connectivity index (χ3n) is 4.75. The second-order valence-corrected chi connectivity index (χ2v) is 7.92. The number of alkyl halides is 1. The minimum atomic E-state index is 0.714. The summed E-state index contributed by atoms with van der Waals surface area (Å²) in [5.41, 5.74) is 4.40. The fraction of sp³-hybridized carbons (Fsp3) is 0.429. The Hall–Kier alpha value is -1.12. The summed E-state index contributed by atoms with van der Waals surface area (Å²) in [6.07, 6.45) is 4.85. The first-order chi connectivity index (χ1) is 11.2. The van der Waals surface area contributed by atoms with Gasteiger partial charge in [0.2, 0.25) is 0 Å². The summed E-state index contributed by atoms with van der Waals surface area (Å²) in [6.45, 7) is 2.30. The van der Waals surface area contributed by atoms with Crippen LogP contribution >= 0.6 is 15.9 Å². The minimum Gasteiger partial charge on any atom is -0.306 e. The van der Waals surface area contributed by atoms with Gasteiger partial charge >= 0.3 is 0 Å². The number of nitrogens with zero attached hydrogens (tertiary/aromatic N) is 1. The number of hydrogen-bond donors (Lipinski definition) is 0. The quantitative estimate of drug-likeness (QED) is 0.587. The summed E-state index contributed by atoms with van der Waals surface area (Å²) >= 11 is 3.69. The molecule has 0 radical (unpaired) electrons. The highest BCUT2D eigenvalue weighted by Gasteiger charge is 2.35. The third kappa shape index (κ3) is 5.19. The van der Waals surface area contributed by atoms with Crippen molar-refractivity contribution in [3.63, 3.8) is 0 Å². The zero-order valence-electron chi connectivity index (χ0n) is 13.9. The molecule has 1 aliphatic rings. The van der Waals surface area contributed by atoms with Crippen LogP contribution in [0.3, 0.4) is 0 Å². The van der Waals surface area contributed by atoms with Gasteiger partial charge in [-0.2, -0.15) is 0 Å². The Morgan fingerprint density at radius 1 is 0.913 bits per heavy atom. The van der Waals surface area contributed by atoms with Gasteiger partial charge < -0.3 is 4.90 Å². The zero-order chi connectivity index (χ0) is 16.1. The fourth-order valence-corrected chi connectivity index (χ4v) is 3.78. The first-order valence-electron chi connectivity index (χ1n) is 8.68. The fourth-order valence-electron chi connectivity index (χ4n) is 3.07. The van der Waals surface area contributed by atoms with Crippen molar-refractivity contribution < 1.29 is 0 Å². The molecule has 0 N–H and O–H groups in total. The molecule has 0 bridgehead atoms. The van der Waals surface area contributed by atoms with Crippen molar-refractivity contribution in [1.82, 2.24) is 4.90 Å². The molecular formula is C21H26BrN. The lowest BCUT2D eigenvalue weighted by Crippen LogP contribution is -2.22. The first kappa shape index (κ1) is 16.7. The van der Waals surface area contributed by atoms with E-state index >= 15 is 0 Å². The second-order valence-electron chi connectivity index (χ2n) is 6.74. The molecule has 1 fully saturated rings. The van der Waals surface area contributed by atoms with E-state index in [4.69, 9.17) is 0 Å². The van der Waals surface area contributed by atoms with E-state index in [1.807, 2.05) is 0 Å². The molecule has 1 saturated carbocycles. The number of rotatable bonds is 8. The maximum absolute atomic E-state index is 3.69. The van der Waals surface area contributed by atoms with Crippen LogP contribution < -0.4 is 0 Å². The van der Waals surface area contributed by atoms with E-state index in [0.717, 1.165) is 18.9 Å². The van der Waals surface area contributed by atoms with Gasteiger partial charge in [0.1, 0.15) is 0 Å². The van der Waals surface area contributed by atoms with Gasteiger partial charge in [0.25, 0.3) is 0 Å². The standard InChI is InChI=1S/C21H26BrN/c1-23(15-13-17-6-3-2-4-7-17)14-5-8-18-9-11-19(12-10-18)20-16-21(20)22/h2-4,6-7,9-12,20-21H,5,8,13-16H2,1H3. The SMILES string of the molecule is CN(CCCc1ccc(C2CC2Br)cc1)CCc1ccccc1. The number of halogens is 1. The molecule has 2 unspecified atom stereocenters. The van der Waals surface area contributed by atoms with Crippen LogP contribution in [0.2, 0.25) is 0 Å². The van der Waals surface area contributed by atoms with E-state index in [1.54, 1.807) is 0 Å². The van der Waals surface area contributed by atoms with Crippen LogP contribution in [0.25, 0.3) is 0 Å². The van der Waals surface area contributed by atoms with Crippen molar-refractivity contribution in [2.24, 2.45) is 0 Å². The smallest absolute Gasteiger partial charge is 0.0221 e. The van der Waals surface area contributed by atoms with Crippen LogP contribution in [0.1, 0.15) is 35.4 Å². The van der Waals surface area contributed by atoms with Crippen molar-refractivity contribution in [3.8, 4) is 0 Å². The van der Waals surface area contributed by atoms with Crippen molar-refractivity contribution in [2.45, 2.75) is 36.4 Å². The average Bonchev–Trinajstić information content (AvgIpc) is 3.31. The van der Waals surface area contributed by atoms with Crippen LogP contribution in [-0.4, -0.2) is 29.9 Å². The lowest BCUT2D eigenvalue weighted by molar-refractivity contribution is 0.333. The van der Waals surface area contributed by atoms with E-state index in [2.05, 4.69) is 82.5 Å². The number of likely N-dealkylation sites (N-methyl/N-ethyl adjacent to an activating group) is 1. The Morgan fingerprint density at radius 2 is 1.57 bits per heavy atom. The summed E-state index contributed by atoms with van der Waals surface area (Å²) < 4.78 is 0. The Labute approximate surface area is 148 Å². The minimum absolute atomic E-state index is 0.714. The summed E-state index contributed by atoms with van der Waals surface area (Å²) in [7, 11) is 2.23. The molecule has 122 valence electrons. The number of aryl methyl sites for hydroxylation is 1. The van der Waals surface area contributed by atoms with E-state index in [0.29, 0.717) is 4.83 Å². The predicted molar refractivity (Wildman–Crippen MR) is 102 cm³/mol. The van der Waals surface area contributed by atoms with Gasteiger partial charge in [-0.3, -0.25) is 0 Å². The van der Waals surface area contributed by atoms with Crippen molar-refractivity contribution in [1.29, 1.82) is 0 Å². The van der Waals surface area contributed by atoms with Gasteiger partial charge in [-0.25, -0.2) is 0 Å². The van der Waals surface area contributed by atoms with Crippen LogP contribution in [-0.2, 0) is 12.8 Å². The van der Waals surface area contributed by atoms with Gasteiger partial charge in [-0.15, -0.1) is 0 Å². The maximum atomic E-state index is 3.69.